The number of benzene rings is 1. The lowest BCUT2D eigenvalue weighted by molar-refractivity contribution is -0.117. The van der Waals surface area contributed by atoms with Gasteiger partial charge >= 0.3 is 0 Å². The molecule has 1 aromatic heterocycles. The number of nitrogens with zero attached hydrogens (tertiary/aromatic N) is 1. The third-order valence-corrected chi connectivity index (χ3v) is 4.69. The van der Waals surface area contributed by atoms with Crippen LogP contribution in [-0.2, 0) is 4.79 Å². The molecule has 1 fully saturated rings. The van der Waals surface area contributed by atoms with Crippen LogP contribution in [0.15, 0.2) is 24.4 Å². The van der Waals surface area contributed by atoms with E-state index in [1.165, 1.54) is 11.1 Å². The van der Waals surface area contributed by atoms with Crippen molar-refractivity contribution in [2.75, 3.05) is 18.0 Å². The lowest BCUT2D eigenvalue weighted by Gasteiger charge is -2.34. The number of anilines is 1. The maximum Gasteiger partial charge on any atom is 0.129 e. The van der Waals surface area contributed by atoms with Crippen molar-refractivity contribution in [1.29, 1.82) is 0 Å². The van der Waals surface area contributed by atoms with Crippen molar-refractivity contribution in [2.45, 2.75) is 32.6 Å². The lowest BCUT2D eigenvalue weighted by Crippen LogP contribution is -2.33. The average molecular weight is 305 g/mol. The van der Waals surface area contributed by atoms with Gasteiger partial charge in [0.25, 0.3) is 0 Å². The van der Waals surface area contributed by atoms with Gasteiger partial charge in [-0.2, -0.15) is 0 Å². The molecule has 0 atom stereocenters. The van der Waals surface area contributed by atoms with Gasteiger partial charge in [-0.25, -0.2) is 0 Å². The zero-order chi connectivity index (χ0) is 14.8. The van der Waals surface area contributed by atoms with Crippen molar-refractivity contribution < 1.29 is 4.79 Å². The summed E-state index contributed by atoms with van der Waals surface area (Å²) < 4.78 is 0. The molecule has 1 aliphatic rings. The number of hydrogen-bond donors (Lipinski definition) is 1. The first-order chi connectivity index (χ1) is 10.1. The Morgan fingerprint density at radius 3 is 2.86 bits per heavy atom. The summed E-state index contributed by atoms with van der Waals surface area (Å²) in [7, 11) is 0. The van der Waals surface area contributed by atoms with Crippen LogP contribution in [0, 0.1) is 5.92 Å². The Morgan fingerprint density at radius 2 is 2.14 bits per heavy atom. The molecule has 1 N–H and O–H groups in total. The van der Waals surface area contributed by atoms with Gasteiger partial charge in [0, 0.05) is 47.3 Å². The maximum atomic E-state index is 11.1. The quantitative estimate of drug-likeness (QED) is 0.908. The van der Waals surface area contributed by atoms with E-state index in [-0.39, 0.29) is 0 Å². The van der Waals surface area contributed by atoms with Gasteiger partial charge < -0.3 is 14.7 Å². The normalized spacial score (nSPS) is 16.6. The zero-order valence-electron chi connectivity index (χ0n) is 12.4. The minimum Gasteiger partial charge on any atom is -0.371 e. The van der Waals surface area contributed by atoms with Gasteiger partial charge in [-0.05, 0) is 50.3 Å². The summed E-state index contributed by atoms with van der Waals surface area (Å²) in [6.07, 6.45) is 6.05. The largest absolute Gasteiger partial charge is 0.371 e. The van der Waals surface area contributed by atoms with E-state index in [4.69, 9.17) is 11.6 Å². The van der Waals surface area contributed by atoms with Crippen molar-refractivity contribution in [3.8, 4) is 0 Å². The first-order valence-corrected chi connectivity index (χ1v) is 8.02. The Labute approximate surface area is 130 Å². The summed E-state index contributed by atoms with van der Waals surface area (Å²) in [5.74, 6) is 0.993. The molecular formula is C17H21ClN2O. The van der Waals surface area contributed by atoms with E-state index < -0.39 is 0 Å². The van der Waals surface area contributed by atoms with Crippen LogP contribution < -0.4 is 4.90 Å². The molecule has 2 heterocycles. The van der Waals surface area contributed by atoms with Crippen molar-refractivity contribution in [3.63, 3.8) is 0 Å². The maximum absolute atomic E-state index is 11.1. The van der Waals surface area contributed by atoms with Gasteiger partial charge in [0.05, 0.1) is 0 Å². The minimum atomic E-state index is 0.307. The van der Waals surface area contributed by atoms with E-state index in [1.54, 1.807) is 6.92 Å². The molecule has 112 valence electrons. The third-order valence-electron chi connectivity index (χ3n) is 4.47. The Hall–Kier alpha value is -1.48. The number of fused-ring (bicyclic) bond motifs is 1. The lowest BCUT2D eigenvalue weighted by atomic mass is 9.91. The molecule has 4 heteroatoms. The number of aromatic amines is 1. The van der Waals surface area contributed by atoms with Gasteiger partial charge in [-0.1, -0.05) is 11.6 Å². The Balaban J connectivity index is 1.71. The summed E-state index contributed by atoms with van der Waals surface area (Å²) in [6.45, 7) is 3.77. The molecule has 0 saturated carbocycles. The molecule has 0 amide bonds. The second-order valence-corrected chi connectivity index (χ2v) is 6.47. The number of carbonyl (C=O) groups excluding carboxylic acids is 1. The van der Waals surface area contributed by atoms with Gasteiger partial charge in [-0.15, -0.1) is 0 Å². The minimum absolute atomic E-state index is 0.307. The molecule has 0 radical (unpaired) electrons. The van der Waals surface area contributed by atoms with Gasteiger partial charge in [0.2, 0.25) is 0 Å². The first-order valence-electron chi connectivity index (χ1n) is 7.64. The highest BCUT2D eigenvalue weighted by Gasteiger charge is 2.21. The SMILES string of the molecule is CC(=O)CCC1CCN(c2cc(Cl)cc3[nH]ccc23)CC1. The second-order valence-electron chi connectivity index (χ2n) is 6.03. The van der Waals surface area contributed by atoms with Gasteiger partial charge in [0.15, 0.2) is 0 Å². The molecule has 0 unspecified atom stereocenters. The van der Waals surface area contributed by atoms with Crippen LogP contribution in [0.2, 0.25) is 5.02 Å². The van der Waals surface area contributed by atoms with E-state index in [9.17, 15) is 4.79 Å². The molecule has 0 bridgehead atoms. The van der Waals surface area contributed by atoms with E-state index in [2.05, 4.69) is 22.0 Å². The highest BCUT2D eigenvalue weighted by atomic mass is 35.5. The fourth-order valence-corrected chi connectivity index (χ4v) is 3.46. The molecule has 0 aliphatic carbocycles. The van der Waals surface area contributed by atoms with Crippen LogP contribution in [0.25, 0.3) is 10.9 Å². The standard InChI is InChI=1S/C17H21ClN2O/c1-12(21)2-3-13-5-8-20(9-6-13)17-11-14(18)10-16-15(17)4-7-19-16/h4,7,10-11,13,19H,2-3,5-6,8-9H2,1H3. The summed E-state index contributed by atoms with van der Waals surface area (Å²) in [4.78, 5) is 16.8. The number of ketones is 1. The number of aromatic nitrogens is 1. The van der Waals surface area contributed by atoms with E-state index in [0.29, 0.717) is 11.7 Å². The molecule has 21 heavy (non-hydrogen) atoms. The average Bonchev–Trinajstić information content (AvgIpc) is 2.93. The Bertz CT molecular complexity index is 641. The number of Topliss-reactive ketones (excluding diaryl/α,β-unsaturated/α-hetero) is 1. The number of nitrogens with one attached hydrogen (secondary N) is 1. The van der Waals surface area contributed by atoms with Crippen molar-refractivity contribution in [2.24, 2.45) is 5.92 Å². The highest BCUT2D eigenvalue weighted by molar-refractivity contribution is 6.31. The number of halogens is 1. The fourth-order valence-electron chi connectivity index (χ4n) is 3.24. The number of carbonyl (C=O) groups is 1. The number of piperidine rings is 1. The molecule has 3 nitrogen and oxygen atoms in total. The van der Waals surface area contributed by atoms with Crippen LogP contribution >= 0.6 is 11.6 Å². The molecule has 0 spiro atoms. The number of H-pyrrole nitrogens is 1. The van der Waals surface area contributed by atoms with Gasteiger partial charge in [-0.3, -0.25) is 0 Å². The third kappa shape index (κ3) is 3.24. The molecule has 1 aliphatic heterocycles. The summed E-state index contributed by atoms with van der Waals surface area (Å²) in [5.41, 5.74) is 2.32. The molecule has 2 aromatic rings. The summed E-state index contributed by atoms with van der Waals surface area (Å²) >= 11 is 6.23. The van der Waals surface area contributed by atoms with Crippen molar-refractivity contribution in [3.05, 3.63) is 29.4 Å². The van der Waals surface area contributed by atoms with E-state index >= 15 is 0 Å². The van der Waals surface area contributed by atoms with Crippen molar-refractivity contribution >= 4 is 34.0 Å². The van der Waals surface area contributed by atoms with Crippen LogP contribution in [-0.4, -0.2) is 23.9 Å². The Morgan fingerprint density at radius 1 is 1.38 bits per heavy atom. The van der Waals surface area contributed by atoms with Crippen LogP contribution in [0.4, 0.5) is 5.69 Å². The first kappa shape index (κ1) is 14.5. The van der Waals surface area contributed by atoms with E-state index in [1.807, 2.05) is 12.3 Å². The molecule has 1 aromatic carbocycles. The molecule has 3 rings (SSSR count). The second kappa shape index (κ2) is 6.10. The number of hydrogen-bond acceptors (Lipinski definition) is 2. The fraction of sp³-hybridized carbons (Fsp3) is 0.471. The van der Waals surface area contributed by atoms with Crippen LogP contribution in [0.3, 0.4) is 0 Å². The van der Waals surface area contributed by atoms with E-state index in [0.717, 1.165) is 49.3 Å². The monoisotopic (exact) mass is 304 g/mol. The van der Waals surface area contributed by atoms with Crippen LogP contribution in [0.5, 0.6) is 0 Å². The number of rotatable bonds is 4. The Kier molecular flexibility index (Phi) is 4.20. The summed E-state index contributed by atoms with van der Waals surface area (Å²) in [6, 6.07) is 6.15. The highest BCUT2D eigenvalue weighted by Crippen LogP contribution is 2.33. The predicted molar refractivity (Wildman–Crippen MR) is 88.2 cm³/mol. The smallest absolute Gasteiger partial charge is 0.129 e. The summed E-state index contributed by atoms with van der Waals surface area (Å²) in [5, 5.41) is 2.01. The topological polar surface area (TPSA) is 36.1 Å². The zero-order valence-corrected chi connectivity index (χ0v) is 13.1. The predicted octanol–water partition coefficient (Wildman–Crippen LogP) is 4.41. The molecule has 1 saturated heterocycles. The molecular weight excluding hydrogens is 284 g/mol. The van der Waals surface area contributed by atoms with Crippen LogP contribution in [0.1, 0.15) is 32.6 Å². The van der Waals surface area contributed by atoms with Gasteiger partial charge in [0.1, 0.15) is 5.78 Å². The van der Waals surface area contributed by atoms with Crippen molar-refractivity contribution in [1.82, 2.24) is 4.98 Å².